The van der Waals surface area contributed by atoms with Crippen molar-refractivity contribution in [3.05, 3.63) is 18.7 Å². The second-order valence-corrected chi connectivity index (χ2v) is 8.05. The highest BCUT2D eigenvalue weighted by Crippen LogP contribution is 1.92. The molecule has 0 aliphatic rings. The van der Waals surface area contributed by atoms with Crippen molar-refractivity contribution in [1.82, 2.24) is 4.98 Å². The Labute approximate surface area is 68.8 Å². The van der Waals surface area contributed by atoms with Gasteiger partial charge in [-0.2, -0.15) is 0 Å². The number of hydrogen-bond acceptors (Lipinski definition) is 0. The van der Waals surface area contributed by atoms with E-state index < -0.39 is 8.24 Å². The highest BCUT2D eigenvalue weighted by molar-refractivity contribution is 6.67. The number of rotatable bonds is 1. The Morgan fingerprint density at radius 3 is 2.10 bits per heavy atom. The van der Waals surface area contributed by atoms with E-state index >= 15 is 0 Å². The van der Waals surface area contributed by atoms with Gasteiger partial charge in [-0.25, -0.2) is 0 Å². The van der Waals surface area contributed by atoms with Gasteiger partial charge in [0.2, 0.25) is 6.33 Å². The molecule has 0 atom stereocenters. The number of H-pyrrole nitrogens is 1. The van der Waals surface area contributed by atoms with Crippen LogP contribution >= 0.6 is 0 Å². The van der Waals surface area contributed by atoms with Crippen LogP contribution in [0.3, 0.4) is 0 Å². The Bertz CT molecular complexity index is 178. The predicted octanol–water partition coefficient (Wildman–Crippen LogP) is -2.01. The number of hydrogen-bond donors (Lipinski definition) is 1. The van der Waals surface area contributed by atoms with Crippen molar-refractivity contribution in [2.24, 2.45) is 0 Å². The van der Waals surface area contributed by atoms with Gasteiger partial charge in [0.1, 0.15) is 12.4 Å². The molecular formula is C6H13ClN2Si. The zero-order valence-electron chi connectivity index (χ0n) is 6.56. The van der Waals surface area contributed by atoms with Gasteiger partial charge in [0.15, 0.2) is 0 Å². The molecule has 0 radical (unpaired) electrons. The maximum atomic E-state index is 3.03. The van der Waals surface area contributed by atoms with Crippen molar-refractivity contribution in [3.8, 4) is 0 Å². The molecule has 0 aromatic carbocycles. The molecular weight excluding hydrogens is 164 g/mol. The summed E-state index contributed by atoms with van der Waals surface area (Å²) in [5, 5.41) is 0. The van der Waals surface area contributed by atoms with Crippen molar-refractivity contribution in [1.29, 1.82) is 0 Å². The Morgan fingerprint density at radius 1 is 1.30 bits per heavy atom. The summed E-state index contributed by atoms with van der Waals surface area (Å²) in [7, 11) is -1.10. The first-order chi connectivity index (χ1) is 4.11. The third-order valence-corrected chi connectivity index (χ3v) is 3.15. The van der Waals surface area contributed by atoms with Crippen LogP contribution in [0.15, 0.2) is 18.7 Å². The first-order valence-electron chi connectivity index (χ1n) is 3.15. The van der Waals surface area contributed by atoms with E-state index in [1.807, 2.05) is 12.5 Å². The molecule has 1 rings (SSSR count). The fourth-order valence-electron chi connectivity index (χ4n) is 0.707. The lowest BCUT2D eigenvalue weighted by atomic mass is 11.0. The number of nitrogens with one attached hydrogen (secondary N) is 1. The molecule has 0 aliphatic heterocycles. The molecule has 10 heavy (non-hydrogen) atoms. The minimum atomic E-state index is -1.10. The predicted molar refractivity (Wildman–Crippen MR) is 39.7 cm³/mol. The third kappa shape index (κ3) is 2.15. The van der Waals surface area contributed by atoms with E-state index in [0.29, 0.717) is 0 Å². The highest BCUT2D eigenvalue weighted by atomic mass is 35.5. The summed E-state index contributed by atoms with van der Waals surface area (Å²) in [6.45, 7) is 6.92. The lowest BCUT2D eigenvalue weighted by molar-refractivity contribution is -0.543. The van der Waals surface area contributed by atoms with Crippen molar-refractivity contribution in [2.75, 3.05) is 0 Å². The van der Waals surface area contributed by atoms with E-state index in [4.69, 9.17) is 0 Å². The summed E-state index contributed by atoms with van der Waals surface area (Å²) in [5.74, 6) is 0. The summed E-state index contributed by atoms with van der Waals surface area (Å²) in [6.07, 6.45) is 6.07. The van der Waals surface area contributed by atoms with Crippen LogP contribution in [0.25, 0.3) is 0 Å². The smallest absolute Gasteiger partial charge is 0.257 e. The first-order valence-corrected chi connectivity index (χ1v) is 6.60. The molecule has 0 fully saturated rings. The van der Waals surface area contributed by atoms with Gasteiger partial charge in [0, 0.05) is 0 Å². The van der Waals surface area contributed by atoms with Crippen molar-refractivity contribution >= 4 is 8.24 Å². The van der Waals surface area contributed by atoms with Crippen LogP contribution in [0.4, 0.5) is 0 Å². The minimum absolute atomic E-state index is 0. The van der Waals surface area contributed by atoms with Gasteiger partial charge in [-0.05, 0) is 19.6 Å². The second kappa shape index (κ2) is 3.21. The van der Waals surface area contributed by atoms with Crippen LogP contribution in [0.1, 0.15) is 0 Å². The quantitative estimate of drug-likeness (QED) is 0.478. The molecule has 0 spiro atoms. The van der Waals surface area contributed by atoms with Gasteiger partial charge in [0.25, 0.3) is 8.24 Å². The normalized spacial score (nSPS) is 10.7. The van der Waals surface area contributed by atoms with Gasteiger partial charge < -0.3 is 12.4 Å². The summed E-state index contributed by atoms with van der Waals surface area (Å²) in [6, 6.07) is 0. The van der Waals surface area contributed by atoms with Gasteiger partial charge in [-0.1, -0.05) is 0 Å². The number of aromatic amines is 1. The Hall–Kier alpha value is -0.283. The number of imidazole rings is 1. The molecule has 1 aromatic heterocycles. The Morgan fingerprint density at radius 2 is 1.90 bits per heavy atom. The molecule has 0 aliphatic carbocycles. The van der Waals surface area contributed by atoms with Gasteiger partial charge in [0.05, 0.1) is 0 Å². The fraction of sp³-hybridized carbons (Fsp3) is 0.500. The van der Waals surface area contributed by atoms with Crippen molar-refractivity contribution in [3.63, 3.8) is 0 Å². The molecule has 0 saturated heterocycles. The number of aromatic nitrogens is 2. The second-order valence-electron chi connectivity index (χ2n) is 3.19. The van der Waals surface area contributed by atoms with Crippen LogP contribution < -0.4 is 16.6 Å². The first kappa shape index (κ1) is 9.72. The van der Waals surface area contributed by atoms with Gasteiger partial charge in [-0.3, -0.25) is 9.22 Å². The van der Waals surface area contributed by atoms with Gasteiger partial charge in [-0.15, -0.1) is 0 Å². The largest absolute Gasteiger partial charge is 1.00 e. The maximum Gasteiger partial charge on any atom is 0.257 e. The third-order valence-electron chi connectivity index (χ3n) is 1.32. The lowest BCUT2D eigenvalue weighted by Gasteiger charge is -2.08. The SMILES string of the molecule is C[Si](C)(C)[n+]1cc[nH]c1.[Cl-]. The van der Waals surface area contributed by atoms with Crippen molar-refractivity contribution < 1.29 is 16.6 Å². The molecule has 0 amide bonds. The van der Waals surface area contributed by atoms with Crippen molar-refractivity contribution in [2.45, 2.75) is 19.6 Å². The standard InChI is InChI=1S/C6H12N2Si.ClH/c1-9(2,3)8-5-4-7-6-8;/h4-6H,1-3H3;1H. The lowest BCUT2D eigenvalue weighted by Crippen LogP contribution is -3.00. The molecule has 0 saturated carbocycles. The molecule has 0 unspecified atom stereocenters. The maximum absolute atomic E-state index is 3.03. The fourth-order valence-corrected chi connectivity index (χ4v) is 1.69. The van der Waals surface area contributed by atoms with Crippen LogP contribution in [-0.2, 0) is 0 Å². The Balaban J connectivity index is 0.000000810. The summed E-state index contributed by atoms with van der Waals surface area (Å²) in [4.78, 5) is 3.03. The molecule has 4 heteroatoms. The van der Waals surface area contributed by atoms with E-state index in [1.165, 1.54) is 0 Å². The Kier molecular flexibility index (Phi) is 3.12. The molecule has 58 valence electrons. The number of nitrogens with zero attached hydrogens (tertiary/aromatic N) is 1. The summed E-state index contributed by atoms with van der Waals surface area (Å²) >= 11 is 0. The van der Waals surface area contributed by atoms with Crippen LogP contribution in [0, 0.1) is 0 Å². The highest BCUT2D eigenvalue weighted by Gasteiger charge is 2.21. The minimum Gasteiger partial charge on any atom is -1.00 e. The monoisotopic (exact) mass is 176 g/mol. The van der Waals surface area contributed by atoms with Gasteiger partial charge >= 0.3 is 0 Å². The van der Waals surface area contributed by atoms with E-state index in [-0.39, 0.29) is 12.4 Å². The summed E-state index contributed by atoms with van der Waals surface area (Å²) in [5.41, 5.74) is 0. The average Bonchev–Trinajstić information content (AvgIpc) is 2.08. The van der Waals surface area contributed by atoms with Crippen LogP contribution in [0.5, 0.6) is 0 Å². The number of halogens is 1. The van der Waals surface area contributed by atoms with E-state index in [9.17, 15) is 0 Å². The van der Waals surface area contributed by atoms with Crippen LogP contribution in [-0.4, -0.2) is 13.2 Å². The van der Waals surface area contributed by atoms with E-state index in [0.717, 1.165) is 0 Å². The molecule has 0 bridgehead atoms. The molecule has 1 heterocycles. The zero-order chi connectivity index (χ0) is 6.91. The molecule has 1 aromatic rings. The molecule has 1 N–H and O–H groups in total. The van der Waals surface area contributed by atoms with Crippen LogP contribution in [0.2, 0.25) is 19.6 Å². The average molecular weight is 177 g/mol. The topological polar surface area (TPSA) is 19.7 Å². The summed E-state index contributed by atoms with van der Waals surface area (Å²) < 4.78 is 2.27. The molecule has 2 nitrogen and oxygen atoms in total. The van der Waals surface area contributed by atoms with E-state index in [2.05, 4.69) is 35.1 Å². The van der Waals surface area contributed by atoms with E-state index in [1.54, 1.807) is 0 Å². The zero-order valence-corrected chi connectivity index (χ0v) is 8.31.